The summed E-state index contributed by atoms with van der Waals surface area (Å²) < 4.78 is 11.9. The fourth-order valence-corrected chi connectivity index (χ4v) is 5.89. The second-order valence-corrected chi connectivity index (χ2v) is 12.8. The van der Waals surface area contributed by atoms with Gasteiger partial charge in [0.25, 0.3) is 0 Å². The third kappa shape index (κ3) is 13.3. The summed E-state index contributed by atoms with van der Waals surface area (Å²) >= 11 is 0. The van der Waals surface area contributed by atoms with Crippen molar-refractivity contribution in [3.8, 4) is 5.75 Å². The summed E-state index contributed by atoms with van der Waals surface area (Å²) in [5, 5.41) is 15.9. The Bertz CT molecular complexity index is 1680. The van der Waals surface area contributed by atoms with Gasteiger partial charge in [-0.3, -0.25) is 14.4 Å². The highest BCUT2D eigenvalue weighted by molar-refractivity contribution is 5.86. The zero-order valence-corrected chi connectivity index (χ0v) is 29.7. The predicted molar refractivity (Wildman–Crippen MR) is 204 cm³/mol. The number of nitrogens with one attached hydrogen (secondary N) is 2. The minimum absolute atomic E-state index is 0.0354. The van der Waals surface area contributed by atoms with Crippen molar-refractivity contribution in [2.75, 3.05) is 13.2 Å². The minimum Gasteiger partial charge on any atom is -0.489 e. The maximum atomic E-state index is 13.6. The third-order valence-corrected chi connectivity index (χ3v) is 8.76. The van der Waals surface area contributed by atoms with Crippen LogP contribution in [-0.4, -0.2) is 42.1 Å². The predicted octanol–water partition coefficient (Wildman–Crippen LogP) is 7.09. The number of amides is 2. The van der Waals surface area contributed by atoms with Gasteiger partial charge < -0.3 is 25.2 Å². The Morgan fingerprint density at radius 2 is 1.35 bits per heavy atom. The molecule has 0 bridgehead atoms. The molecule has 0 saturated carbocycles. The van der Waals surface area contributed by atoms with E-state index in [1.165, 1.54) is 0 Å². The molecule has 272 valence electrons. The second-order valence-electron chi connectivity index (χ2n) is 12.8. The first-order valence-corrected chi connectivity index (χ1v) is 17.8. The van der Waals surface area contributed by atoms with Crippen LogP contribution in [0.15, 0.2) is 141 Å². The van der Waals surface area contributed by atoms with Gasteiger partial charge in [-0.1, -0.05) is 115 Å². The Labute approximate surface area is 307 Å². The fourth-order valence-electron chi connectivity index (χ4n) is 5.89. The molecule has 4 atom stereocenters. The van der Waals surface area contributed by atoms with E-state index in [-0.39, 0.29) is 49.7 Å². The van der Waals surface area contributed by atoms with Gasteiger partial charge in [0.1, 0.15) is 18.5 Å². The number of allylic oxidation sites excluding steroid dienone is 2. The monoisotopic (exact) mass is 702 g/mol. The van der Waals surface area contributed by atoms with Gasteiger partial charge in [-0.25, -0.2) is 0 Å². The molecule has 0 saturated heterocycles. The lowest BCUT2D eigenvalue weighted by molar-refractivity contribution is -0.155. The number of carbonyl (C=O) groups is 3. The molecule has 0 spiro atoms. The molecule has 0 heterocycles. The van der Waals surface area contributed by atoms with Crippen molar-refractivity contribution >= 4 is 17.8 Å². The Balaban J connectivity index is 1.33. The van der Waals surface area contributed by atoms with Crippen LogP contribution in [0, 0.1) is 11.8 Å². The summed E-state index contributed by atoms with van der Waals surface area (Å²) in [5.74, 6) is -1.43. The smallest absolute Gasteiger partial charge is 0.309 e. The standard InChI is InChI=1S/C44H50N2O6/c1-3-5-20-38(27-33-16-9-6-10-17-33)44(50)52-41(36-21-13-8-14-22-36)30-45-43(49)37(15-4-2)29-42(48)46-39(31-47)28-34-23-25-40(26-24-34)51-32-35-18-11-7-12-19-35/h3-4,6-14,16-19,21-26,37-39,41,47H,1-2,5,15,20,27-32H2,(H,45,49)(H,46,48). The van der Waals surface area contributed by atoms with Crippen LogP contribution in [0.25, 0.3) is 0 Å². The van der Waals surface area contributed by atoms with E-state index >= 15 is 0 Å². The first-order chi connectivity index (χ1) is 25.4. The summed E-state index contributed by atoms with van der Waals surface area (Å²) in [6.07, 6.45) is 5.02. The molecule has 0 fully saturated rings. The molecule has 4 unspecified atom stereocenters. The number of hydrogen-bond acceptors (Lipinski definition) is 6. The van der Waals surface area contributed by atoms with Crippen LogP contribution in [0.4, 0.5) is 0 Å². The highest BCUT2D eigenvalue weighted by atomic mass is 16.5. The fraction of sp³-hybridized carbons (Fsp3) is 0.295. The first-order valence-electron chi connectivity index (χ1n) is 17.8. The number of aliphatic hydroxyl groups is 1. The van der Waals surface area contributed by atoms with Crippen LogP contribution < -0.4 is 15.4 Å². The van der Waals surface area contributed by atoms with Crippen molar-refractivity contribution in [2.45, 2.75) is 57.3 Å². The first kappa shape index (κ1) is 39.3. The average molecular weight is 703 g/mol. The van der Waals surface area contributed by atoms with Crippen LogP contribution in [0.1, 0.15) is 54.0 Å². The van der Waals surface area contributed by atoms with Crippen molar-refractivity contribution < 1.29 is 29.0 Å². The quantitative estimate of drug-likeness (QED) is 0.0596. The molecule has 52 heavy (non-hydrogen) atoms. The van der Waals surface area contributed by atoms with E-state index in [9.17, 15) is 19.5 Å². The van der Waals surface area contributed by atoms with E-state index in [2.05, 4.69) is 23.8 Å². The summed E-state index contributed by atoms with van der Waals surface area (Å²) in [5.41, 5.74) is 3.77. The van der Waals surface area contributed by atoms with Crippen LogP contribution in [0.3, 0.4) is 0 Å². The van der Waals surface area contributed by atoms with Gasteiger partial charge in [-0.2, -0.15) is 0 Å². The average Bonchev–Trinajstić information content (AvgIpc) is 3.18. The molecule has 0 aliphatic heterocycles. The number of esters is 1. The zero-order valence-electron chi connectivity index (χ0n) is 29.7. The number of aliphatic hydroxyl groups excluding tert-OH is 1. The van der Waals surface area contributed by atoms with E-state index in [0.29, 0.717) is 32.3 Å². The van der Waals surface area contributed by atoms with Crippen LogP contribution in [-0.2, 0) is 38.6 Å². The van der Waals surface area contributed by atoms with Gasteiger partial charge >= 0.3 is 5.97 Å². The molecule has 3 N–H and O–H groups in total. The largest absolute Gasteiger partial charge is 0.489 e. The molecule has 4 rings (SSSR count). The SMILES string of the molecule is C=CCCC(Cc1ccccc1)C(=O)OC(CNC(=O)C(CC=C)CC(=O)NC(CO)Cc1ccc(OCc2ccccc2)cc1)c1ccccc1. The van der Waals surface area contributed by atoms with Crippen molar-refractivity contribution in [3.05, 3.63) is 163 Å². The van der Waals surface area contributed by atoms with Gasteiger partial charge in [0.2, 0.25) is 11.8 Å². The molecular weight excluding hydrogens is 652 g/mol. The number of rotatable bonds is 22. The summed E-state index contributed by atoms with van der Waals surface area (Å²) in [7, 11) is 0. The van der Waals surface area contributed by atoms with E-state index in [4.69, 9.17) is 9.47 Å². The third-order valence-electron chi connectivity index (χ3n) is 8.76. The Hall–Kier alpha value is -5.47. The molecule has 0 aliphatic carbocycles. The van der Waals surface area contributed by atoms with Gasteiger partial charge in [0.15, 0.2) is 0 Å². The van der Waals surface area contributed by atoms with Crippen LogP contribution in [0.5, 0.6) is 5.75 Å². The molecule has 4 aromatic carbocycles. The second kappa shape index (κ2) is 21.7. The van der Waals surface area contributed by atoms with Crippen molar-refractivity contribution in [1.29, 1.82) is 0 Å². The number of carbonyl (C=O) groups excluding carboxylic acids is 3. The Morgan fingerprint density at radius 1 is 0.731 bits per heavy atom. The topological polar surface area (TPSA) is 114 Å². The molecule has 0 radical (unpaired) electrons. The van der Waals surface area contributed by atoms with Crippen molar-refractivity contribution in [2.24, 2.45) is 11.8 Å². The highest BCUT2D eigenvalue weighted by Gasteiger charge is 2.27. The lowest BCUT2D eigenvalue weighted by Gasteiger charge is -2.24. The number of benzene rings is 4. The molecule has 0 aromatic heterocycles. The van der Waals surface area contributed by atoms with Crippen molar-refractivity contribution in [1.82, 2.24) is 10.6 Å². The summed E-state index contributed by atoms with van der Waals surface area (Å²) in [6.45, 7) is 7.82. The Morgan fingerprint density at radius 3 is 1.96 bits per heavy atom. The van der Waals surface area contributed by atoms with E-state index in [1.54, 1.807) is 12.2 Å². The molecule has 8 heteroatoms. The van der Waals surface area contributed by atoms with Gasteiger partial charge in [0, 0.05) is 6.42 Å². The van der Waals surface area contributed by atoms with Gasteiger partial charge in [0.05, 0.1) is 31.0 Å². The lowest BCUT2D eigenvalue weighted by Crippen LogP contribution is -2.42. The van der Waals surface area contributed by atoms with Gasteiger partial charge in [-0.15, -0.1) is 13.2 Å². The van der Waals surface area contributed by atoms with Crippen LogP contribution >= 0.6 is 0 Å². The molecule has 2 amide bonds. The van der Waals surface area contributed by atoms with Crippen LogP contribution in [0.2, 0.25) is 0 Å². The molecule has 4 aromatic rings. The zero-order chi connectivity index (χ0) is 37.0. The van der Waals surface area contributed by atoms with E-state index in [0.717, 1.165) is 28.0 Å². The lowest BCUT2D eigenvalue weighted by atomic mass is 9.94. The maximum absolute atomic E-state index is 13.6. The normalized spacial score (nSPS) is 13.1. The maximum Gasteiger partial charge on any atom is 0.309 e. The van der Waals surface area contributed by atoms with E-state index in [1.807, 2.05) is 115 Å². The minimum atomic E-state index is -0.730. The summed E-state index contributed by atoms with van der Waals surface area (Å²) in [4.78, 5) is 40.2. The number of ether oxygens (including phenoxy) is 2. The molecule has 8 nitrogen and oxygen atoms in total. The molecular formula is C44H50N2O6. The highest BCUT2D eigenvalue weighted by Crippen LogP contribution is 2.23. The Kier molecular flexibility index (Phi) is 16.4. The number of hydrogen-bond donors (Lipinski definition) is 3. The van der Waals surface area contributed by atoms with Gasteiger partial charge in [-0.05, 0) is 66.5 Å². The molecule has 0 aliphatic rings. The summed E-state index contributed by atoms with van der Waals surface area (Å²) in [6, 6.07) is 36.0. The van der Waals surface area contributed by atoms with E-state index < -0.39 is 18.1 Å². The van der Waals surface area contributed by atoms with Crippen molar-refractivity contribution in [3.63, 3.8) is 0 Å².